The molecular weight excluding hydrogens is 268 g/mol. The van der Waals surface area contributed by atoms with Crippen LogP contribution in [0.2, 0.25) is 0 Å². The second-order valence-electron chi connectivity index (χ2n) is 5.67. The van der Waals surface area contributed by atoms with E-state index in [0.717, 1.165) is 25.9 Å². The molecule has 1 aliphatic rings. The van der Waals surface area contributed by atoms with E-state index in [4.69, 9.17) is 5.73 Å². The molecule has 21 heavy (non-hydrogen) atoms. The molecule has 1 aromatic rings. The van der Waals surface area contributed by atoms with Gasteiger partial charge in [0.2, 0.25) is 5.91 Å². The fourth-order valence-corrected chi connectivity index (χ4v) is 2.47. The summed E-state index contributed by atoms with van der Waals surface area (Å²) in [4.78, 5) is 29.1. The van der Waals surface area contributed by atoms with E-state index >= 15 is 0 Å². The largest absolute Gasteiger partial charge is 0.367 e. The molecule has 2 rings (SSSR count). The van der Waals surface area contributed by atoms with E-state index in [1.54, 1.807) is 12.1 Å². The lowest BCUT2D eigenvalue weighted by molar-refractivity contribution is -0.135. The van der Waals surface area contributed by atoms with Crippen LogP contribution in [0, 0.1) is 5.92 Å². The molecule has 2 amide bonds. The van der Waals surface area contributed by atoms with E-state index in [1.165, 1.54) is 0 Å². The van der Waals surface area contributed by atoms with Gasteiger partial charge in [-0.05, 0) is 25.0 Å². The molecule has 0 aliphatic carbocycles. The number of nitrogens with two attached hydrogens (primary N) is 1. The summed E-state index contributed by atoms with van der Waals surface area (Å²) in [6.45, 7) is 5.35. The molecule has 6 heteroatoms. The summed E-state index contributed by atoms with van der Waals surface area (Å²) in [5.41, 5.74) is 5.48. The van der Waals surface area contributed by atoms with Gasteiger partial charge in [-0.1, -0.05) is 19.9 Å². The number of likely N-dealkylation sites (tertiary alicyclic amines) is 1. The highest BCUT2D eigenvalue weighted by molar-refractivity contribution is 5.91. The van der Waals surface area contributed by atoms with Crippen LogP contribution in [0.4, 0.5) is 5.82 Å². The Labute approximate surface area is 124 Å². The number of aromatic nitrogens is 1. The number of amides is 2. The van der Waals surface area contributed by atoms with Gasteiger partial charge in [0.25, 0.3) is 5.91 Å². The molecule has 2 heterocycles. The normalized spacial score (nSPS) is 16.0. The number of rotatable bonds is 4. The molecule has 0 radical (unpaired) electrons. The number of nitrogens with one attached hydrogen (secondary N) is 1. The van der Waals surface area contributed by atoms with E-state index < -0.39 is 5.91 Å². The predicted molar refractivity (Wildman–Crippen MR) is 80.8 cm³/mol. The second-order valence-corrected chi connectivity index (χ2v) is 5.67. The third-order valence-corrected chi connectivity index (χ3v) is 3.65. The Balaban J connectivity index is 1.90. The molecule has 0 unspecified atom stereocenters. The van der Waals surface area contributed by atoms with E-state index in [1.807, 2.05) is 24.8 Å². The monoisotopic (exact) mass is 290 g/mol. The number of hydrogen-bond donors (Lipinski definition) is 2. The van der Waals surface area contributed by atoms with Crippen LogP contribution in [0.3, 0.4) is 0 Å². The van der Waals surface area contributed by atoms with Crippen molar-refractivity contribution in [3.63, 3.8) is 0 Å². The fraction of sp³-hybridized carbons (Fsp3) is 0.533. The summed E-state index contributed by atoms with van der Waals surface area (Å²) >= 11 is 0. The number of nitrogens with zero attached hydrogens (tertiary/aromatic N) is 2. The minimum absolute atomic E-state index is 0.0448. The number of carbonyl (C=O) groups excluding carboxylic acids is 2. The quantitative estimate of drug-likeness (QED) is 0.873. The van der Waals surface area contributed by atoms with Crippen molar-refractivity contribution in [1.29, 1.82) is 0 Å². The molecule has 1 aromatic heterocycles. The third kappa shape index (κ3) is 3.93. The lowest BCUT2D eigenvalue weighted by Crippen LogP contribution is -2.44. The Kier molecular flexibility index (Phi) is 4.77. The van der Waals surface area contributed by atoms with Gasteiger partial charge < -0.3 is 16.0 Å². The molecule has 1 aliphatic heterocycles. The standard InChI is InChI=1S/C15H22N4O2/c1-10(2)15(21)19-8-6-11(7-9-19)17-13-5-3-4-12(18-13)14(16)20/h3-5,10-11H,6-9H2,1-2H3,(H2,16,20)(H,17,18). The summed E-state index contributed by atoms with van der Waals surface area (Å²) in [6.07, 6.45) is 1.75. The van der Waals surface area contributed by atoms with E-state index in [2.05, 4.69) is 10.3 Å². The summed E-state index contributed by atoms with van der Waals surface area (Å²) in [5, 5.41) is 3.31. The Morgan fingerprint density at radius 2 is 2.00 bits per heavy atom. The van der Waals surface area contributed by atoms with Crippen molar-refractivity contribution in [3.8, 4) is 0 Å². The third-order valence-electron chi connectivity index (χ3n) is 3.65. The topological polar surface area (TPSA) is 88.3 Å². The van der Waals surface area contributed by atoms with Gasteiger partial charge in [0.05, 0.1) is 0 Å². The first-order chi connectivity index (χ1) is 9.97. The van der Waals surface area contributed by atoms with Crippen molar-refractivity contribution in [2.75, 3.05) is 18.4 Å². The second kappa shape index (κ2) is 6.56. The lowest BCUT2D eigenvalue weighted by Gasteiger charge is -2.33. The van der Waals surface area contributed by atoms with Gasteiger partial charge in [0.15, 0.2) is 0 Å². The van der Waals surface area contributed by atoms with Gasteiger partial charge in [-0.3, -0.25) is 9.59 Å². The van der Waals surface area contributed by atoms with Gasteiger partial charge in [-0.2, -0.15) is 0 Å². The van der Waals surface area contributed by atoms with Crippen molar-refractivity contribution in [3.05, 3.63) is 23.9 Å². The van der Waals surface area contributed by atoms with Crippen molar-refractivity contribution >= 4 is 17.6 Å². The summed E-state index contributed by atoms with van der Waals surface area (Å²) < 4.78 is 0. The van der Waals surface area contributed by atoms with Crippen molar-refractivity contribution in [2.45, 2.75) is 32.7 Å². The molecule has 114 valence electrons. The van der Waals surface area contributed by atoms with Gasteiger partial charge in [0.1, 0.15) is 11.5 Å². The Morgan fingerprint density at radius 3 is 2.57 bits per heavy atom. The number of pyridine rings is 1. The number of piperidine rings is 1. The first-order valence-corrected chi connectivity index (χ1v) is 7.29. The van der Waals surface area contributed by atoms with Crippen LogP contribution in [0.15, 0.2) is 18.2 Å². The van der Waals surface area contributed by atoms with Crippen LogP contribution in [-0.2, 0) is 4.79 Å². The minimum Gasteiger partial charge on any atom is -0.367 e. The average molecular weight is 290 g/mol. The zero-order valence-corrected chi connectivity index (χ0v) is 12.5. The summed E-state index contributed by atoms with van der Waals surface area (Å²) in [5.74, 6) is 0.377. The highest BCUT2D eigenvalue weighted by Crippen LogP contribution is 2.17. The average Bonchev–Trinajstić information content (AvgIpc) is 2.47. The fourth-order valence-electron chi connectivity index (χ4n) is 2.47. The highest BCUT2D eigenvalue weighted by Gasteiger charge is 2.24. The number of carbonyl (C=O) groups is 2. The number of primary amides is 1. The smallest absolute Gasteiger partial charge is 0.267 e. The van der Waals surface area contributed by atoms with Crippen LogP contribution in [0.5, 0.6) is 0 Å². The van der Waals surface area contributed by atoms with Crippen LogP contribution >= 0.6 is 0 Å². The molecule has 3 N–H and O–H groups in total. The molecule has 0 bridgehead atoms. The van der Waals surface area contributed by atoms with Crippen LogP contribution in [0.25, 0.3) is 0 Å². The van der Waals surface area contributed by atoms with Crippen LogP contribution in [-0.4, -0.2) is 40.8 Å². The Hall–Kier alpha value is -2.11. The van der Waals surface area contributed by atoms with Gasteiger partial charge in [-0.25, -0.2) is 4.98 Å². The van der Waals surface area contributed by atoms with Crippen LogP contribution in [0.1, 0.15) is 37.2 Å². The molecule has 0 saturated carbocycles. The van der Waals surface area contributed by atoms with Crippen LogP contribution < -0.4 is 11.1 Å². The molecular formula is C15H22N4O2. The first kappa shape index (κ1) is 15.3. The lowest BCUT2D eigenvalue weighted by atomic mass is 10.0. The van der Waals surface area contributed by atoms with Gasteiger partial charge >= 0.3 is 0 Å². The van der Waals surface area contributed by atoms with Gasteiger partial charge in [0, 0.05) is 25.0 Å². The van der Waals surface area contributed by atoms with E-state index in [9.17, 15) is 9.59 Å². The SMILES string of the molecule is CC(C)C(=O)N1CCC(Nc2cccc(C(N)=O)n2)CC1. The molecule has 1 fully saturated rings. The Morgan fingerprint density at radius 1 is 1.33 bits per heavy atom. The van der Waals surface area contributed by atoms with E-state index in [0.29, 0.717) is 5.82 Å². The maximum atomic E-state index is 11.9. The molecule has 0 aromatic carbocycles. The molecule has 6 nitrogen and oxygen atoms in total. The predicted octanol–water partition coefficient (Wildman–Crippen LogP) is 1.24. The minimum atomic E-state index is -0.531. The highest BCUT2D eigenvalue weighted by atomic mass is 16.2. The molecule has 0 atom stereocenters. The first-order valence-electron chi connectivity index (χ1n) is 7.29. The number of hydrogen-bond acceptors (Lipinski definition) is 4. The summed E-state index contributed by atoms with van der Waals surface area (Å²) in [7, 11) is 0. The van der Waals surface area contributed by atoms with Crippen molar-refractivity contribution in [1.82, 2.24) is 9.88 Å². The zero-order valence-electron chi connectivity index (χ0n) is 12.5. The van der Waals surface area contributed by atoms with E-state index in [-0.39, 0.29) is 23.6 Å². The molecule has 0 spiro atoms. The number of anilines is 1. The zero-order chi connectivity index (χ0) is 15.4. The van der Waals surface area contributed by atoms with Crippen molar-refractivity contribution in [2.24, 2.45) is 11.7 Å². The Bertz CT molecular complexity index is 522. The van der Waals surface area contributed by atoms with Crippen molar-refractivity contribution < 1.29 is 9.59 Å². The maximum absolute atomic E-state index is 11.9. The van der Waals surface area contributed by atoms with Gasteiger partial charge in [-0.15, -0.1) is 0 Å². The molecule has 1 saturated heterocycles. The maximum Gasteiger partial charge on any atom is 0.267 e. The summed E-state index contributed by atoms with van der Waals surface area (Å²) in [6, 6.07) is 5.43.